The summed E-state index contributed by atoms with van der Waals surface area (Å²) in [4.78, 5) is 1.77. The van der Waals surface area contributed by atoms with E-state index in [1.165, 1.54) is 6.07 Å². The molecule has 0 fully saturated rings. The molecule has 0 atom stereocenters. The van der Waals surface area contributed by atoms with E-state index in [0.29, 0.717) is 30.2 Å². The van der Waals surface area contributed by atoms with Gasteiger partial charge in [0.05, 0.1) is 13.2 Å². The summed E-state index contributed by atoms with van der Waals surface area (Å²) >= 11 is 5.64. The largest absolute Gasteiger partial charge is 0.395 e. The number of rotatable bonds is 6. The predicted octanol–water partition coefficient (Wildman–Crippen LogP) is 1.27. The van der Waals surface area contributed by atoms with Crippen LogP contribution in [-0.2, 0) is 6.54 Å². The fraction of sp³-hybridized carbons (Fsp3) is 0.455. The van der Waals surface area contributed by atoms with Crippen molar-refractivity contribution in [1.82, 2.24) is 4.90 Å². The lowest BCUT2D eigenvalue weighted by Crippen LogP contribution is -2.29. The molecule has 0 radical (unpaired) electrons. The molecule has 1 aromatic carbocycles. The maximum atomic E-state index is 13.5. The van der Waals surface area contributed by atoms with E-state index in [1.54, 1.807) is 17.0 Å². The third-order valence-electron chi connectivity index (χ3n) is 2.24. The van der Waals surface area contributed by atoms with E-state index in [2.05, 4.69) is 0 Å². The molecular weight excluding hydrogens is 233 g/mol. The Balaban J connectivity index is 2.68. The molecule has 16 heavy (non-hydrogen) atoms. The lowest BCUT2D eigenvalue weighted by atomic mass is 10.2. The van der Waals surface area contributed by atoms with Gasteiger partial charge in [0.1, 0.15) is 5.82 Å². The van der Waals surface area contributed by atoms with Gasteiger partial charge in [-0.1, -0.05) is 17.7 Å². The highest BCUT2D eigenvalue weighted by Crippen LogP contribution is 2.16. The molecule has 0 saturated carbocycles. The zero-order chi connectivity index (χ0) is 12.0. The summed E-state index contributed by atoms with van der Waals surface area (Å²) in [5, 5.41) is 18.0. The van der Waals surface area contributed by atoms with Gasteiger partial charge in [-0.3, -0.25) is 4.90 Å². The molecule has 2 N–H and O–H groups in total. The minimum atomic E-state index is -0.367. The minimum absolute atomic E-state index is 0.0186. The fourth-order valence-corrected chi connectivity index (χ4v) is 1.60. The molecule has 5 heteroatoms. The fourth-order valence-electron chi connectivity index (χ4n) is 1.44. The maximum Gasteiger partial charge on any atom is 0.129 e. The summed E-state index contributed by atoms with van der Waals surface area (Å²) < 4.78 is 13.5. The lowest BCUT2D eigenvalue weighted by molar-refractivity contribution is 0.154. The van der Waals surface area contributed by atoms with Crippen molar-refractivity contribution in [3.63, 3.8) is 0 Å². The van der Waals surface area contributed by atoms with Crippen LogP contribution in [0.5, 0.6) is 0 Å². The summed E-state index contributed by atoms with van der Waals surface area (Å²) in [5.41, 5.74) is 0.506. The van der Waals surface area contributed by atoms with Gasteiger partial charge in [0.2, 0.25) is 0 Å². The molecule has 0 bridgehead atoms. The maximum absolute atomic E-state index is 13.5. The zero-order valence-corrected chi connectivity index (χ0v) is 9.62. The van der Waals surface area contributed by atoms with Crippen LogP contribution in [0.4, 0.5) is 4.39 Å². The van der Waals surface area contributed by atoms with Gasteiger partial charge in [-0.25, -0.2) is 4.39 Å². The van der Waals surface area contributed by atoms with Crippen LogP contribution in [-0.4, -0.2) is 41.4 Å². The summed E-state index contributed by atoms with van der Waals surface area (Å²) in [5.74, 6) is -0.367. The summed E-state index contributed by atoms with van der Waals surface area (Å²) in [6.45, 7) is 1.12. The van der Waals surface area contributed by atoms with Crippen LogP contribution in [0.25, 0.3) is 0 Å². The van der Waals surface area contributed by atoms with Crippen molar-refractivity contribution < 1.29 is 14.6 Å². The number of aliphatic hydroxyl groups is 2. The molecule has 0 heterocycles. The molecule has 3 nitrogen and oxygen atoms in total. The lowest BCUT2D eigenvalue weighted by Gasteiger charge is -2.20. The van der Waals surface area contributed by atoms with E-state index < -0.39 is 0 Å². The normalized spacial score (nSPS) is 11.1. The van der Waals surface area contributed by atoms with Gasteiger partial charge in [0, 0.05) is 30.2 Å². The van der Waals surface area contributed by atoms with Crippen LogP contribution in [0, 0.1) is 5.82 Å². The highest BCUT2D eigenvalue weighted by Gasteiger charge is 2.08. The monoisotopic (exact) mass is 247 g/mol. The quantitative estimate of drug-likeness (QED) is 0.796. The second-order valence-electron chi connectivity index (χ2n) is 3.46. The van der Waals surface area contributed by atoms with Gasteiger partial charge < -0.3 is 10.2 Å². The van der Waals surface area contributed by atoms with E-state index >= 15 is 0 Å². The number of aliphatic hydroxyl groups excluding tert-OH is 2. The Hall–Kier alpha value is -0.680. The van der Waals surface area contributed by atoms with Gasteiger partial charge in [-0.05, 0) is 12.1 Å². The van der Waals surface area contributed by atoms with Gasteiger partial charge >= 0.3 is 0 Å². The second kappa shape index (κ2) is 6.81. The molecule has 0 amide bonds. The third-order valence-corrected chi connectivity index (χ3v) is 2.48. The van der Waals surface area contributed by atoms with Crippen LogP contribution >= 0.6 is 11.6 Å². The predicted molar refractivity (Wildman–Crippen MR) is 60.9 cm³/mol. The first-order valence-corrected chi connectivity index (χ1v) is 5.43. The van der Waals surface area contributed by atoms with E-state index in [0.717, 1.165) is 0 Å². The molecule has 0 aliphatic rings. The Bertz CT molecular complexity index is 330. The molecule has 0 aromatic heterocycles. The summed E-state index contributed by atoms with van der Waals surface area (Å²) in [6.07, 6.45) is 0. The van der Waals surface area contributed by atoms with Crippen LogP contribution in [0.15, 0.2) is 18.2 Å². The smallest absolute Gasteiger partial charge is 0.129 e. The number of hydrogen-bond acceptors (Lipinski definition) is 3. The molecule has 90 valence electrons. The Morgan fingerprint density at radius 1 is 1.19 bits per heavy atom. The third kappa shape index (κ3) is 4.06. The Labute approximate surface area is 99.1 Å². The van der Waals surface area contributed by atoms with Crippen molar-refractivity contribution >= 4 is 11.6 Å². The van der Waals surface area contributed by atoms with Crippen molar-refractivity contribution in [3.8, 4) is 0 Å². The molecule has 1 rings (SSSR count). The Morgan fingerprint density at radius 2 is 1.81 bits per heavy atom. The van der Waals surface area contributed by atoms with Gasteiger partial charge in [0.25, 0.3) is 0 Å². The summed E-state index contributed by atoms with van der Waals surface area (Å²) in [6, 6.07) is 4.49. The number of halogens is 2. The van der Waals surface area contributed by atoms with E-state index in [9.17, 15) is 4.39 Å². The molecule has 0 aliphatic carbocycles. The first-order chi connectivity index (χ1) is 7.67. The standard InChI is InChI=1S/C11H15ClFNO2/c12-10-2-1-9(11(13)7-10)8-14(3-5-15)4-6-16/h1-2,7,15-16H,3-6,8H2. The van der Waals surface area contributed by atoms with Crippen LogP contribution in [0.3, 0.4) is 0 Å². The number of hydrogen-bond donors (Lipinski definition) is 2. The van der Waals surface area contributed by atoms with Crippen LogP contribution in [0.1, 0.15) is 5.56 Å². The van der Waals surface area contributed by atoms with Crippen LogP contribution in [0.2, 0.25) is 5.02 Å². The van der Waals surface area contributed by atoms with E-state index in [1.807, 2.05) is 0 Å². The molecule has 0 saturated heterocycles. The Kier molecular flexibility index (Phi) is 5.69. The highest BCUT2D eigenvalue weighted by molar-refractivity contribution is 6.30. The SMILES string of the molecule is OCCN(CCO)Cc1ccc(Cl)cc1F. The summed E-state index contributed by atoms with van der Waals surface area (Å²) in [7, 11) is 0. The van der Waals surface area contributed by atoms with E-state index in [4.69, 9.17) is 21.8 Å². The first-order valence-electron chi connectivity index (χ1n) is 5.05. The van der Waals surface area contributed by atoms with Crippen molar-refractivity contribution in [3.05, 3.63) is 34.6 Å². The molecular formula is C11H15ClFNO2. The average molecular weight is 248 g/mol. The minimum Gasteiger partial charge on any atom is -0.395 e. The second-order valence-corrected chi connectivity index (χ2v) is 3.90. The van der Waals surface area contributed by atoms with Crippen molar-refractivity contribution in [2.75, 3.05) is 26.3 Å². The molecule has 1 aromatic rings. The van der Waals surface area contributed by atoms with Crippen molar-refractivity contribution in [2.24, 2.45) is 0 Å². The van der Waals surface area contributed by atoms with Crippen molar-refractivity contribution in [1.29, 1.82) is 0 Å². The van der Waals surface area contributed by atoms with Crippen LogP contribution < -0.4 is 0 Å². The van der Waals surface area contributed by atoms with Gasteiger partial charge in [-0.2, -0.15) is 0 Å². The average Bonchev–Trinajstić information content (AvgIpc) is 2.23. The van der Waals surface area contributed by atoms with Gasteiger partial charge in [-0.15, -0.1) is 0 Å². The molecule has 0 aliphatic heterocycles. The van der Waals surface area contributed by atoms with Gasteiger partial charge in [0.15, 0.2) is 0 Å². The molecule has 0 spiro atoms. The highest BCUT2D eigenvalue weighted by atomic mass is 35.5. The first kappa shape index (κ1) is 13.4. The topological polar surface area (TPSA) is 43.7 Å². The Morgan fingerprint density at radius 3 is 2.31 bits per heavy atom. The molecule has 0 unspecified atom stereocenters. The number of benzene rings is 1. The zero-order valence-electron chi connectivity index (χ0n) is 8.87. The van der Waals surface area contributed by atoms with Crippen molar-refractivity contribution in [2.45, 2.75) is 6.54 Å². The van der Waals surface area contributed by atoms with E-state index in [-0.39, 0.29) is 19.0 Å². The number of nitrogens with zero attached hydrogens (tertiary/aromatic N) is 1.